The van der Waals surface area contributed by atoms with Crippen molar-refractivity contribution in [1.29, 1.82) is 0 Å². The number of rotatable bonds is 8. The molecule has 1 aromatic carbocycles. The van der Waals surface area contributed by atoms with Crippen LogP contribution in [0.15, 0.2) is 30.3 Å². The average Bonchev–Trinajstić information content (AvgIpc) is 3.05. The van der Waals surface area contributed by atoms with Gasteiger partial charge in [0.05, 0.1) is 5.56 Å². The number of benzene rings is 1. The minimum absolute atomic E-state index is 0.259. The molecule has 7 nitrogen and oxygen atoms in total. The summed E-state index contributed by atoms with van der Waals surface area (Å²) in [5.74, 6) is -1.30. The summed E-state index contributed by atoms with van der Waals surface area (Å²) in [6.07, 6.45) is 3.79. The van der Waals surface area contributed by atoms with E-state index in [0.29, 0.717) is 22.2 Å². The van der Waals surface area contributed by atoms with Crippen molar-refractivity contribution >= 4 is 39.8 Å². The van der Waals surface area contributed by atoms with Crippen LogP contribution in [-0.2, 0) is 27.2 Å². The van der Waals surface area contributed by atoms with E-state index in [-0.39, 0.29) is 12.5 Å². The number of hydrogen-bond donors (Lipinski definition) is 3. The quantitative estimate of drug-likeness (QED) is 0.610. The summed E-state index contributed by atoms with van der Waals surface area (Å²) in [6, 6.07) is 9.17. The zero-order valence-electron chi connectivity index (χ0n) is 16.2. The van der Waals surface area contributed by atoms with Gasteiger partial charge in [-0.15, -0.1) is 11.3 Å². The monoisotopic (exact) mass is 416 g/mol. The minimum Gasteiger partial charge on any atom is -0.480 e. The highest BCUT2D eigenvalue weighted by molar-refractivity contribution is 7.17. The molecule has 0 radical (unpaired) electrons. The minimum atomic E-state index is -1.14. The largest absolute Gasteiger partial charge is 0.480 e. The highest BCUT2D eigenvalue weighted by atomic mass is 32.1. The van der Waals surface area contributed by atoms with E-state index in [1.165, 1.54) is 11.3 Å². The molecule has 1 aromatic heterocycles. The molecule has 2 amide bonds. The van der Waals surface area contributed by atoms with Gasteiger partial charge in [-0.25, -0.2) is 4.79 Å². The summed E-state index contributed by atoms with van der Waals surface area (Å²) in [6.45, 7) is 1.23. The normalized spacial score (nSPS) is 15.4. The van der Waals surface area contributed by atoms with Crippen molar-refractivity contribution in [1.82, 2.24) is 0 Å². The number of para-hydroxylation sites is 1. The van der Waals surface area contributed by atoms with E-state index >= 15 is 0 Å². The third-order valence-electron chi connectivity index (χ3n) is 4.92. The van der Waals surface area contributed by atoms with E-state index in [9.17, 15) is 14.4 Å². The van der Waals surface area contributed by atoms with Crippen LogP contribution in [0.3, 0.4) is 0 Å². The molecule has 8 heteroatoms. The zero-order valence-corrected chi connectivity index (χ0v) is 17.0. The average molecular weight is 416 g/mol. The molecule has 3 N–H and O–H groups in total. The van der Waals surface area contributed by atoms with Crippen LogP contribution >= 0.6 is 11.3 Å². The molecule has 1 aliphatic carbocycles. The lowest BCUT2D eigenvalue weighted by Gasteiger charge is -2.21. The second kappa shape index (κ2) is 9.67. The molecule has 1 aliphatic rings. The number of carbonyl (C=O) groups is 3. The Morgan fingerprint density at radius 3 is 2.62 bits per heavy atom. The fourth-order valence-electron chi connectivity index (χ4n) is 3.44. The Bertz CT molecular complexity index is 894. The highest BCUT2D eigenvalue weighted by Gasteiger charge is 2.29. The van der Waals surface area contributed by atoms with Crippen LogP contribution in [0.4, 0.5) is 10.7 Å². The van der Waals surface area contributed by atoms with E-state index in [2.05, 4.69) is 17.6 Å². The maximum Gasteiger partial charge on any atom is 0.329 e. The van der Waals surface area contributed by atoms with Gasteiger partial charge in [0.25, 0.3) is 11.8 Å². The van der Waals surface area contributed by atoms with Gasteiger partial charge in [0, 0.05) is 10.6 Å². The van der Waals surface area contributed by atoms with E-state index in [4.69, 9.17) is 9.84 Å². The molecular weight excluding hydrogens is 392 g/mol. The molecule has 29 heavy (non-hydrogen) atoms. The molecule has 154 valence electrons. The number of hydrogen-bond acceptors (Lipinski definition) is 5. The van der Waals surface area contributed by atoms with Crippen molar-refractivity contribution in [2.75, 3.05) is 23.8 Å². The summed E-state index contributed by atoms with van der Waals surface area (Å²) >= 11 is 1.42. The van der Waals surface area contributed by atoms with Crippen molar-refractivity contribution in [3.63, 3.8) is 0 Å². The molecular formula is C21H24N2O5S. The number of carboxylic acid groups (broad SMARTS) is 1. The first-order valence-electron chi connectivity index (χ1n) is 9.58. The fourth-order valence-corrected chi connectivity index (χ4v) is 4.82. The number of ether oxygens (including phenoxy) is 1. The van der Waals surface area contributed by atoms with Gasteiger partial charge in [0.15, 0.2) is 0 Å². The summed E-state index contributed by atoms with van der Waals surface area (Å²) in [7, 11) is 0. The Morgan fingerprint density at radius 1 is 1.17 bits per heavy atom. The van der Waals surface area contributed by atoms with Crippen molar-refractivity contribution in [2.24, 2.45) is 5.92 Å². The van der Waals surface area contributed by atoms with Gasteiger partial charge in [0.1, 0.15) is 18.2 Å². The van der Waals surface area contributed by atoms with E-state index < -0.39 is 18.5 Å². The second-order valence-electron chi connectivity index (χ2n) is 6.98. The Kier molecular flexibility index (Phi) is 7.00. The van der Waals surface area contributed by atoms with Gasteiger partial charge in [-0.3, -0.25) is 9.59 Å². The highest BCUT2D eigenvalue weighted by Crippen LogP contribution is 2.40. The molecule has 1 atom stereocenters. The number of carboxylic acids is 1. The smallest absolute Gasteiger partial charge is 0.329 e. The van der Waals surface area contributed by atoms with Gasteiger partial charge in [-0.05, 0) is 42.9 Å². The van der Waals surface area contributed by atoms with Crippen LogP contribution in [0.5, 0.6) is 0 Å². The molecule has 0 saturated heterocycles. The first-order chi connectivity index (χ1) is 14.0. The number of aliphatic carboxylic acids is 1. The number of thiophene rings is 1. The molecule has 0 saturated carbocycles. The zero-order chi connectivity index (χ0) is 20.8. The molecule has 2 aromatic rings. The third kappa shape index (κ3) is 5.42. The van der Waals surface area contributed by atoms with Crippen LogP contribution in [0.1, 0.15) is 40.6 Å². The van der Waals surface area contributed by atoms with Gasteiger partial charge < -0.3 is 20.5 Å². The Morgan fingerprint density at radius 2 is 1.93 bits per heavy atom. The standard InChI is InChI=1S/C21H24N2O5S/c1-2-13-8-9-15-16(10-13)29-21(23-17(24)11-28-12-18(25)26)19(15)20(27)22-14-6-4-3-5-7-14/h3-7,13H,2,8-12H2,1H3,(H,22,27)(H,23,24)(H,25,26)/t13-/m0/s1. The Hall–Kier alpha value is -2.71. The Balaban J connectivity index is 1.82. The second-order valence-corrected chi connectivity index (χ2v) is 8.09. The molecule has 0 bridgehead atoms. The number of fused-ring (bicyclic) bond motifs is 1. The SMILES string of the molecule is CC[C@H]1CCc2c(sc(NC(=O)COCC(=O)O)c2C(=O)Nc2ccccc2)C1. The first-order valence-corrected chi connectivity index (χ1v) is 10.4. The van der Waals surface area contributed by atoms with Crippen LogP contribution in [0, 0.1) is 5.92 Å². The number of nitrogens with one attached hydrogen (secondary N) is 2. The lowest BCUT2D eigenvalue weighted by atomic mass is 9.85. The summed E-state index contributed by atoms with van der Waals surface area (Å²) < 4.78 is 4.85. The van der Waals surface area contributed by atoms with Crippen LogP contribution in [0.2, 0.25) is 0 Å². The molecule has 0 aliphatic heterocycles. The maximum atomic E-state index is 13.0. The predicted octanol–water partition coefficient (Wildman–Crippen LogP) is 3.56. The van der Waals surface area contributed by atoms with Crippen molar-refractivity contribution in [3.05, 3.63) is 46.3 Å². The fraction of sp³-hybridized carbons (Fsp3) is 0.381. The molecule has 3 rings (SSSR count). The summed E-state index contributed by atoms with van der Waals surface area (Å²) in [4.78, 5) is 36.9. The molecule has 0 unspecified atom stereocenters. The van der Waals surface area contributed by atoms with E-state index in [1.54, 1.807) is 0 Å². The molecule has 0 fully saturated rings. The van der Waals surface area contributed by atoms with Crippen molar-refractivity contribution < 1.29 is 24.2 Å². The molecule has 1 heterocycles. The first kappa shape index (κ1) is 21.0. The lowest BCUT2D eigenvalue weighted by molar-refractivity contribution is -0.143. The van der Waals surface area contributed by atoms with Gasteiger partial charge in [-0.2, -0.15) is 0 Å². The number of anilines is 2. The Labute approximate surface area is 173 Å². The number of amides is 2. The number of carbonyl (C=O) groups excluding carboxylic acids is 2. The topological polar surface area (TPSA) is 105 Å². The molecule has 0 spiro atoms. The van der Waals surface area contributed by atoms with E-state index in [1.807, 2.05) is 30.3 Å². The van der Waals surface area contributed by atoms with Crippen LogP contribution < -0.4 is 10.6 Å². The van der Waals surface area contributed by atoms with Crippen molar-refractivity contribution in [3.8, 4) is 0 Å². The maximum absolute atomic E-state index is 13.0. The van der Waals surface area contributed by atoms with Gasteiger partial charge in [0.2, 0.25) is 0 Å². The lowest BCUT2D eigenvalue weighted by Crippen LogP contribution is -2.23. The summed E-state index contributed by atoms with van der Waals surface area (Å²) in [5, 5.41) is 14.8. The summed E-state index contributed by atoms with van der Waals surface area (Å²) in [5.41, 5.74) is 2.17. The van der Waals surface area contributed by atoms with Crippen LogP contribution in [0.25, 0.3) is 0 Å². The van der Waals surface area contributed by atoms with Gasteiger partial charge >= 0.3 is 5.97 Å². The van der Waals surface area contributed by atoms with Crippen LogP contribution in [-0.4, -0.2) is 36.1 Å². The van der Waals surface area contributed by atoms with Crippen molar-refractivity contribution in [2.45, 2.75) is 32.6 Å². The predicted molar refractivity (Wildman–Crippen MR) is 112 cm³/mol. The third-order valence-corrected chi connectivity index (χ3v) is 6.08. The van der Waals surface area contributed by atoms with E-state index in [0.717, 1.165) is 36.1 Å². The van der Waals surface area contributed by atoms with Gasteiger partial charge in [-0.1, -0.05) is 31.5 Å².